The van der Waals surface area contributed by atoms with Gasteiger partial charge in [-0.05, 0) is 42.9 Å². The Bertz CT molecular complexity index is 764. The van der Waals surface area contributed by atoms with Gasteiger partial charge < -0.3 is 16.4 Å². The molecule has 8 heteroatoms. The average Bonchev–Trinajstić information content (AvgIpc) is 2.91. The summed E-state index contributed by atoms with van der Waals surface area (Å²) in [6.45, 7) is 5.94. The van der Waals surface area contributed by atoms with E-state index in [1.165, 1.54) is 17.7 Å². The molecule has 126 valence electrons. The van der Waals surface area contributed by atoms with Crippen LogP contribution in [0.15, 0.2) is 18.3 Å². The smallest absolute Gasteiger partial charge is 0.239 e. The number of pyridine rings is 1. The lowest BCUT2D eigenvalue weighted by atomic mass is 10.0. The summed E-state index contributed by atoms with van der Waals surface area (Å²) in [4.78, 5) is 15.7. The Balaban J connectivity index is 2.24. The summed E-state index contributed by atoms with van der Waals surface area (Å²) in [7, 11) is 0. The molecule has 0 fully saturated rings. The van der Waals surface area contributed by atoms with Crippen LogP contribution in [-0.4, -0.2) is 21.3 Å². The fraction of sp³-hybridized carbons (Fsp3) is 0.375. The Labute approximate surface area is 145 Å². The highest BCUT2D eigenvalue weighted by molar-refractivity contribution is 7.10. The lowest BCUT2D eigenvalue weighted by molar-refractivity contribution is -0.119. The van der Waals surface area contributed by atoms with Gasteiger partial charge >= 0.3 is 0 Å². The lowest BCUT2D eigenvalue weighted by Crippen LogP contribution is -2.36. The molecule has 7 nitrogen and oxygen atoms in total. The van der Waals surface area contributed by atoms with Crippen LogP contribution in [0.4, 0.5) is 16.4 Å². The Morgan fingerprint density at radius 1 is 1.46 bits per heavy atom. The number of aromatic nitrogens is 2. The van der Waals surface area contributed by atoms with Gasteiger partial charge in [-0.3, -0.25) is 4.79 Å². The zero-order valence-corrected chi connectivity index (χ0v) is 14.6. The second-order valence-electron chi connectivity index (χ2n) is 5.92. The molecule has 2 aromatic rings. The highest BCUT2D eigenvalue weighted by Gasteiger charge is 2.17. The minimum atomic E-state index is -0.488. The second kappa shape index (κ2) is 7.75. The van der Waals surface area contributed by atoms with Gasteiger partial charge in [-0.15, -0.1) is 0 Å². The van der Waals surface area contributed by atoms with E-state index < -0.39 is 11.9 Å². The molecule has 0 saturated carbocycles. The van der Waals surface area contributed by atoms with Gasteiger partial charge in [0.25, 0.3) is 0 Å². The zero-order chi connectivity index (χ0) is 17.7. The predicted molar refractivity (Wildman–Crippen MR) is 95.1 cm³/mol. The number of carbonyl (C=O) groups excluding carboxylic acids is 1. The van der Waals surface area contributed by atoms with Crippen molar-refractivity contribution in [3.63, 3.8) is 0 Å². The molecule has 0 aliphatic heterocycles. The molecule has 0 saturated heterocycles. The number of primary amides is 1. The van der Waals surface area contributed by atoms with E-state index in [2.05, 4.69) is 20.0 Å². The van der Waals surface area contributed by atoms with Gasteiger partial charge in [0.15, 0.2) is 5.69 Å². The van der Waals surface area contributed by atoms with E-state index in [0.29, 0.717) is 23.7 Å². The SMILES string of the molecule is Cc1cc(Nc2cc(NC(CC(C)C)C(N)=O)cnc2C#N)sn1. The summed E-state index contributed by atoms with van der Waals surface area (Å²) < 4.78 is 4.19. The third-order valence-electron chi connectivity index (χ3n) is 3.27. The van der Waals surface area contributed by atoms with Crippen molar-refractivity contribution in [2.24, 2.45) is 11.7 Å². The van der Waals surface area contributed by atoms with Crippen LogP contribution in [0.1, 0.15) is 31.7 Å². The number of rotatable bonds is 7. The molecule has 24 heavy (non-hydrogen) atoms. The molecule has 0 aliphatic rings. The van der Waals surface area contributed by atoms with Crippen LogP contribution in [-0.2, 0) is 4.79 Å². The van der Waals surface area contributed by atoms with Crippen molar-refractivity contribution in [2.45, 2.75) is 33.2 Å². The van der Waals surface area contributed by atoms with Crippen LogP contribution in [0.2, 0.25) is 0 Å². The van der Waals surface area contributed by atoms with Crippen LogP contribution in [0.25, 0.3) is 0 Å². The summed E-state index contributed by atoms with van der Waals surface area (Å²) in [5, 5.41) is 16.3. The number of nitrogens with zero attached hydrogens (tertiary/aromatic N) is 3. The van der Waals surface area contributed by atoms with E-state index in [0.717, 1.165) is 10.7 Å². The van der Waals surface area contributed by atoms with Gasteiger partial charge in [-0.25, -0.2) is 4.98 Å². The van der Waals surface area contributed by atoms with Gasteiger partial charge in [0, 0.05) is 0 Å². The van der Waals surface area contributed by atoms with Crippen LogP contribution < -0.4 is 16.4 Å². The summed E-state index contributed by atoms with van der Waals surface area (Å²) in [6, 6.07) is 5.19. The quantitative estimate of drug-likeness (QED) is 0.711. The molecular weight excluding hydrogens is 324 g/mol. The topological polar surface area (TPSA) is 117 Å². The molecule has 2 aromatic heterocycles. The number of nitrogens with one attached hydrogen (secondary N) is 2. The number of carbonyl (C=O) groups is 1. The number of amides is 1. The van der Waals surface area contributed by atoms with Gasteiger partial charge in [-0.1, -0.05) is 13.8 Å². The molecule has 0 aromatic carbocycles. The van der Waals surface area contributed by atoms with Gasteiger partial charge in [-0.2, -0.15) is 9.64 Å². The fourth-order valence-electron chi connectivity index (χ4n) is 2.20. The second-order valence-corrected chi connectivity index (χ2v) is 6.72. The summed E-state index contributed by atoms with van der Waals surface area (Å²) in [5.41, 5.74) is 7.81. The van der Waals surface area contributed by atoms with E-state index in [-0.39, 0.29) is 5.69 Å². The maximum Gasteiger partial charge on any atom is 0.239 e. The van der Waals surface area contributed by atoms with Crippen molar-refractivity contribution in [2.75, 3.05) is 10.6 Å². The molecule has 2 rings (SSSR count). The summed E-state index contributed by atoms with van der Waals surface area (Å²) in [5.74, 6) is -0.0974. The van der Waals surface area contributed by atoms with Crippen molar-refractivity contribution >= 4 is 33.8 Å². The Hall–Kier alpha value is -2.66. The zero-order valence-electron chi connectivity index (χ0n) is 13.8. The van der Waals surface area contributed by atoms with Gasteiger partial charge in [0.2, 0.25) is 5.91 Å². The molecule has 0 radical (unpaired) electrons. The molecule has 1 unspecified atom stereocenters. The van der Waals surface area contributed by atoms with Crippen LogP contribution in [0, 0.1) is 24.2 Å². The largest absolute Gasteiger partial charge is 0.372 e. The summed E-state index contributed by atoms with van der Waals surface area (Å²) >= 11 is 1.30. The highest BCUT2D eigenvalue weighted by Crippen LogP contribution is 2.26. The van der Waals surface area contributed by atoms with Crippen molar-refractivity contribution in [3.05, 3.63) is 29.7 Å². The standard InChI is InChI=1S/C16H20N6OS/c1-9(2)4-13(16(18)23)20-11-6-12(14(7-17)19-8-11)21-15-5-10(3)22-24-15/h5-6,8-9,13,20-21H,4H2,1-3H3,(H2,18,23). The molecule has 2 heterocycles. The van der Waals surface area contributed by atoms with Crippen molar-refractivity contribution in [3.8, 4) is 6.07 Å². The first-order valence-corrected chi connectivity index (χ1v) is 8.32. The van der Waals surface area contributed by atoms with E-state index in [1.54, 1.807) is 6.07 Å². The number of nitrogens with two attached hydrogens (primary N) is 1. The highest BCUT2D eigenvalue weighted by atomic mass is 32.1. The maximum atomic E-state index is 11.6. The molecule has 4 N–H and O–H groups in total. The predicted octanol–water partition coefficient (Wildman–Crippen LogP) is 2.77. The third-order valence-corrected chi connectivity index (χ3v) is 4.07. The Morgan fingerprint density at radius 3 is 2.75 bits per heavy atom. The van der Waals surface area contributed by atoms with Crippen LogP contribution in [0.5, 0.6) is 0 Å². The molecule has 0 spiro atoms. The monoisotopic (exact) mass is 344 g/mol. The number of hydrogen-bond acceptors (Lipinski definition) is 7. The first-order chi connectivity index (χ1) is 11.4. The van der Waals surface area contributed by atoms with E-state index >= 15 is 0 Å². The molecule has 0 bridgehead atoms. The molecule has 0 aliphatic carbocycles. The molecular formula is C16H20N6OS. The van der Waals surface area contributed by atoms with E-state index in [1.807, 2.05) is 32.9 Å². The average molecular weight is 344 g/mol. The Kier molecular flexibility index (Phi) is 5.71. The minimum absolute atomic E-state index is 0.270. The first-order valence-electron chi connectivity index (χ1n) is 7.55. The normalized spacial score (nSPS) is 11.8. The number of aryl methyl sites for hydroxylation is 1. The first kappa shape index (κ1) is 17.7. The van der Waals surface area contributed by atoms with E-state index in [4.69, 9.17) is 5.73 Å². The lowest BCUT2D eigenvalue weighted by Gasteiger charge is -2.19. The fourth-order valence-corrected chi connectivity index (χ4v) is 2.88. The van der Waals surface area contributed by atoms with Gasteiger partial charge in [0.05, 0.1) is 23.3 Å². The molecule has 1 atom stereocenters. The summed E-state index contributed by atoms with van der Waals surface area (Å²) in [6.07, 6.45) is 2.14. The minimum Gasteiger partial charge on any atom is -0.372 e. The number of hydrogen-bond donors (Lipinski definition) is 3. The Morgan fingerprint density at radius 2 is 2.21 bits per heavy atom. The molecule has 1 amide bonds. The third kappa shape index (κ3) is 4.67. The number of anilines is 3. The van der Waals surface area contributed by atoms with Crippen LogP contribution in [0.3, 0.4) is 0 Å². The number of nitriles is 1. The van der Waals surface area contributed by atoms with Crippen LogP contribution >= 0.6 is 11.5 Å². The van der Waals surface area contributed by atoms with Crippen molar-refractivity contribution < 1.29 is 4.79 Å². The van der Waals surface area contributed by atoms with E-state index in [9.17, 15) is 10.1 Å². The van der Waals surface area contributed by atoms with Gasteiger partial charge in [0.1, 0.15) is 17.1 Å². The van der Waals surface area contributed by atoms with Crippen molar-refractivity contribution in [1.29, 1.82) is 5.26 Å². The van der Waals surface area contributed by atoms with Crippen molar-refractivity contribution in [1.82, 2.24) is 9.36 Å². The maximum absolute atomic E-state index is 11.6.